The summed E-state index contributed by atoms with van der Waals surface area (Å²) in [4.78, 5) is 23.3. The molecule has 0 unspecified atom stereocenters. The summed E-state index contributed by atoms with van der Waals surface area (Å²) >= 11 is 0. The third-order valence-corrected chi connectivity index (χ3v) is 3.10. The summed E-state index contributed by atoms with van der Waals surface area (Å²) in [6.07, 6.45) is 0.755. The molecule has 0 fully saturated rings. The maximum absolute atomic E-state index is 12.0. The molecule has 2 amide bonds. The number of hydrogen-bond acceptors (Lipinski definition) is 2. The lowest BCUT2D eigenvalue weighted by atomic mass is 9.90. The molecule has 0 saturated heterocycles. The van der Waals surface area contributed by atoms with Crippen molar-refractivity contribution < 1.29 is 9.59 Å². The maximum atomic E-state index is 12.0. The van der Waals surface area contributed by atoms with E-state index in [1.165, 1.54) is 13.8 Å². The van der Waals surface area contributed by atoms with Gasteiger partial charge in [-0.05, 0) is 25.8 Å². The van der Waals surface area contributed by atoms with E-state index in [9.17, 15) is 9.59 Å². The van der Waals surface area contributed by atoms with Gasteiger partial charge in [0.05, 0.1) is 6.04 Å². The van der Waals surface area contributed by atoms with E-state index >= 15 is 0 Å². The summed E-state index contributed by atoms with van der Waals surface area (Å²) < 4.78 is 0. The van der Waals surface area contributed by atoms with E-state index < -0.39 is 11.3 Å². The van der Waals surface area contributed by atoms with E-state index in [1.54, 1.807) is 0 Å². The number of carbonyl (C=O) groups excluding carboxylic acids is 2. The molecule has 4 nitrogen and oxygen atoms in total. The number of amides is 2. The van der Waals surface area contributed by atoms with E-state index in [-0.39, 0.29) is 11.9 Å². The van der Waals surface area contributed by atoms with Gasteiger partial charge in [0.1, 0.15) is 5.41 Å². The average molecular weight is 248 g/mol. The van der Waals surface area contributed by atoms with Gasteiger partial charge in [-0.3, -0.25) is 9.59 Å². The van der Waals surface area contributed by atoms with Crippen LogP contribution in [0.5, 0.6) is 0 Å². The number of hydrogen-bond donors (Lipinski definition) is 2. The second kappa shape index (κ2) is 5.67. The van der Waals surface area contributed by atoms with Crippen LogP contribution in [0.15, 0.2) is 30.3 Å². The predicted molar refractivity (Wildman–Crippen MR) is 70.6 cm³/mol. The second-order valence-electron chi connectivity index (χ2n) is 4.83. The number of nitrogens with one attached hydrogen (secondary N) is 1. The van der Waals surface area contributed by atoms with Crippen LogP contribution < -0.4 is 11.1 Å². The van der Waals surface area contributed by atoms with Crippen molar-refractivity contribution in [2.75, 3.05) is 0 Å². The molecule has 18 heavy (non-hydrogen) atoms. The predicted octanol–water partition coefficient (Wildman–Crippen LogP) is 1.77. The van der Waals surface area contributed by atoms with Gasteiger partial charge in [0, 0.05) is 0 Å². The van der Waals surface area contributed by atoms with Gasteiger partial charge >= 0.3 is 0 Å². The minimum atomic E-state index is -1.19. The normalized spacial score (nSPS) is 12.8. The quantitative estimate of drug-likeness (QED) is 0.779. The van der Waals surface area contributed by atoms with Crippen LogP contribution in [0.4, 0.5) is 0 Å². The van der Waals surface area contributed by atoms with Crippen LogP contribution in [-0.2, 0) is 9.59 Å². The minimum Gasteiger partial charge on any atom is -0.369 e. The van der Waals surface area contributed by atoms with Gasteiger partial charge in [0.15, 0.2) is 0 Å². The fourth-order valence-electron chi connectivity index (χ4n) is 1.56. The molecule has 3 N–H and O–H groups in total. The molecule has 4 heteroatoms. The highest BCUT2D eigenvalue weighted by Crippen LogP contribution is 2.20. The summed E-state index contributed by atoms with van der Waals surface area (Å²) in [6.45, 7) is 5.04. The van der Waals surface area contributed by atoms with Gasteiger partial charge in [-0.1, -0.05) is 37.3 Å². The molecular formula is C14H20N2O2. The zero-order chi connectivity index (χ0) is 13.8. The fraction of sp³-hybridized carbons (Fsp3) is 0.429. The first-order valence-electron chi connectivity index (χ1n) is 6.05. The first-order chi connectivity index (χ1) is 8.39. The average Bonchev–Trinajstić information content (AvgIpc) is 2.36. The second-order valence-corrected chi connectivity index (χ2v) is 4.83. The first kappa shape index (κ1) is 14.2. The lowest BCUT2D eigenvalue weighted by molar-refractivity contribution is -0.139. The molecule has 1 atom stereocenters. The summed E-state index contributed by atoms with van der Waals surface area (Å²) in [5, 5.41) is 2.86. The lowest BCUT2D eigenvalue weighted by Gasteiger charge is -2.24. The van der Waals surface area contributed by atoms with Crippen molar-refractivity contribution in [3.05, 3.63) is 35.9 Å². The third-order valence-electron chi connectivity index (χ3n) is 3.10. The van der Waals surface area contributed by atoms with Crippen LogP contribution in [0.1, 0.15) is 38.8 Å². The van der Waals surface area contributed by atoms with Gasteiger partial charge in [-0.2, -0.15) is 0 Å². The molecule has 0 spiro atoms. The largest absolute Gasteiger partial charge is 0.369 e. The van der Waals surface area contributed by atoms with Crippen LogP contribution >= 0.6 is 0 Å². The van der Waals surface area contributed by atoms with Crippen LogP contribution in [0.25, 0.3) is 0 Å². The van der Waals surface area contributed by atoms with Crippen molar-refractivity contribution >= 4 is 11.8 Å². The van der Waals surface area contributed by atoms with Crippen LogP contribution in [0.3, 0.4) is 0 Å². The van der Waals surface area contributed by atoms with Gasteiger partial charge in [-0.25, -0.2) is 0 Å². The van der Waals surface area contributed by atoms with Crippen LogP contribution in [0, 0.1) is 5.41 Å². The van der Waals surface area contributed by atoms with Crippen molar-refractivity contribution in [1.82, 2.24) is 5.32 Å². The smallest absolute Gasteiger partial charge is 0.235 e. The monoisotopic (exact) mass is 248 g/mol. The standard InChI is InChI=1S/C14H20N2O2/c1-4-11(10-8-6-5-7-9-10)16-13(18)14(2,3)12(15)17/h5-9,11H,4H2,1-3H3,(H2,15,17)(H,16,18)/t11-/m0/s1. The van der Waals surface area contributed by atoms with E-state index in [4.69, 9.17) is 5.73 Å². The van der Waals surface area contributed by atoms with Gasteiger partial charge < -0.3 is 11.1 Å². The topological polar surface area (TPSA) is 72.2 Å². The summed E-state index contributed by atoms with van der Waals surface area (Å²) in [6, 6.07) is 9.56. The third kappa shape index (κ3) is 3.09. The van der Waals surface area contributed by atoms with Gasteiger partial charge in [0.2, 0.25) is 11.8 Å². The Bertz CT molecular complexity index is 427. The molecular weight excluding hydrogens is 228 g/mol. The summed E-state index contributed by atoms with van der Waals surface area (Å²) in [5.74, 6) is -0.964. The Balaban J connectivity index is 2.82. The van der Waals surface area contributed by atoms with Crippen LogP contribution in [-0.4, -0.2) is 11.8 Å². The van der Waals surface area contributed by atoms with E-state index in [2.05, 4.69) is 5.32 Å². The number of primary amides is 1. The fourth-order valence-corrected chi connectivity index (χ4v) is 1.56. The van der Waals surface area contributed by atoms with Crippen molar-refractivity contribution in [3.63, 3.8) is 0 Å². The number of benzene rings is 1. The van der Waals surface area contributed by atoms with Gasteiger partial charge in [0.25, 0.3) is 0 Å². The Morgan fingerprint density at radius 3 is 2.28 bits per heavy atom. The Morgan fingerprint density at radius 2 is 1.83 bits per heavy atom. The molecule has 0 aliphatic carbocycles. The zero-order valence-electron chi connectivity index (χ0n) is 11.1. The maximum Gasteiger partial charge on any atom is 0.235 e. The van der Waals surface area contributed by atoms with Crippen molar-refractivity contribution in [3.8, 4) is 0 Å². The van der Waals surface area contributed by atoms with E-state index in [1.807, 2.05) is 37.3 Å². The molecule has 0 heterocycles. The molecule has 1 rings (SSSR count). The first-order valence-corrected chi connectivity index (χ1v) is 6.05. The Morgan fingerprint density at radius 1 is 1.28 bits per heavy atom. The minimum absolute atomic E-state index is 0.0997. The van der Waals surface area contributed by atoms with E-state index in [0.29, 0.717) is 0 Å². The van der Waals surface area contributed by atoms with Crippen molar-refractivity contribution in [2.24, 2.45) is 11.1 Å². The van der Waals surface area contributed by atoms with Gasteiger partial charge in [-0.15, -0.1) is 0 Å². The highest BCUT2D eigenvalue weighted by Gasteiger charge is 2.35. The molecule has 0 aromatic heterocycles. The molecule has 0 aliphatic rings. The summed E-state index contributed by atoms with van der Waals surface area (Å²) in [7, 11) is 0. The molecule has 1 aromatic rings. The lowest BCUT2D eigenvalue weighted by Crippen LogP contribution is -2.46. The SMILES string of the molecule is CC[C@H](NC(=O)C(C)(C)C(N)=O)c1ccccc1. The number of rotatable bonds is 5. The van der Waals surface area contributed by atoms with Crippen molar-refractivity contribution in [2.45, 2.75) is 33.2 Å². The molecule has 0 bridgehead atoms. The highest BCUT2D eigenvalue weighted by molar-refractivity contribution is 6.03. The molecule has 1 aromatic carbocycles. The number of nitrogens with two attached hydrogens (primary N) is 1. The van der Waals surface area contributed by atoms with Crippen molar-refractivity contribution in [1.29, 1.82) is 0 Å². The molecule has 98 valence electrons. The molecule has 0 aliphatic heterocycles. The Hall–Kier alpha value is -1.84. The van der Waals surface area contributed by atoms with Crippen LogP contribution in [0.2, 0.25) is 0 Å². The highest BCUT2D eigenvalue weighted by atomic mass is 16.2. The molecule has 0 saturated carbocycles. The number of carbonyl (C=O) groups is 2. The summed E-state index contributed by atoms with van der Waals surface area (Å²) in [5.41, 5.74) is 5.06. The Kier molecular flexibility index (Phi) is 4.48. The molecule has 0 radical (unpaired) electrons. The van der Waals surface area contributed by atoms with E-state index in [0.717, 1.165) is 12.0 Å². The zero-order valence-corrected chi connectivity index (χ0v) is 11.1. The Labute approximate surface area is 108 Å².